The van der Waals surface area contributed by atoms with Crippen molar-refractivity contribution in [2.24, 2.45) is 0 Å². The fourth-order valence-corrected chi connectivity index (χ4v) is 2.76. The van der Waals surface area contributed by atoms with Crippen LogP contribution in [0.2, 0.25) is 0 Å². The van der Waals surface area contributed by atoms with Gasteiger partial charge >= 0.3 is 5.97 Å². The molecule has 0 unspecified atom stereocenters. The van der Waals surface area contributed by atoms with Gasteiger partial charge in [-0.05, 0) is 19.4 Å². The number of hydrogen-bond acceptors (Lipinski definition) is 5. The lowest BCUT2D eigenvalue weighted by Crippen LogP contribution is -2.49. The highest BCUT2D eigenvalue weighted by atomic mass is 16.5. The Bertz CT molecular complexity index is 267. The maximum atomic E-state index is 11.7. The summed E-state index contributed by atoms with van der Waals surface area (Å²) >= 11 is 0. The van der Waals surface area contributed by atoms with E-state index in [2.05, 4.69) is 9.80 Å². The highest BCUT2D eigenvalue weighted by molar-refractivity contribution is 5.75. The number of likely N-dealkylation sites (tertiary alicyclic amines) is 1. The number of piperidine rings is 1. The van der Waals surface area contributed by atoms with E-state index in [9.17, 15) is 4.79 Å². The zero-order valence-electron chi connectivity index (χ0n) is 11.3. The number of methoxy groups -OCH3 is 1. The van der Waals surface area contributed by atoms with Crippen LogP contribution >= 0.6 is 0 Å². The summed E-state index contributed by atoms with van der Waals surface area (Å²) < 4.78 is 10.2. The molecule has 0 aromatic heterocycles. The lowest BCUT2D eigenvalue weighted by Gasteiger charge is -2.36. The van der Waals surface area contributed by atoms with Gasteiger partial charge in [0, 0.05) is 26.2 Å². The second-order valence-corrected chi connectivity index (χ2v) is 5.02. The minimum atomic E-state index is -0.0725. The van der Waals surface area contributed by atoms with Crippen LogP contribution in [-0.4, -0.2) is 74.9 Å². The van der Waals surface area contributed by atoms with Crippen LogP contribution in [0.15, 0.2) is 0 Å². The predicted octanol–water partition coefficient (Wildman–Crippen LogP) is 0.346. The van der Waals surface area contributed by atoms with Crippen molar-refractivity contribution in [1.29, 1.82) is 0 Å². The SMILES string of the molecule is COC(=O)[C@H]1CCCCN1CCN1CCOCC1. The van der Waals surface area contributed by atoms with Crippen LogP contribution in [0.4, 0.5) is 0 Å². The Hall–Kier alpha value is -0.650. The molecule has 0 saturated carbocycles. The number of carbonyl (C=O) groups excluding carboxylic acids is 1. The topological polar surface area (TPSA) is 42.0 Å². The second-order valence-electron chi connectivity index (χ2n) is 5.02. The molecular formula is C13H24N2O3. The van der Waals surface area contributed by atoms with Crippen LogP contribution in [0.1, 0.15) is 19.3 Å². The predicted molar refractivity (Wildman–Crippen MR) is 68.5 cm³/mol. The third-order valence-corrected chi connectivity index (χ3v) is 3.89. The molecule has 2 heterocycles. The average Bonchev–Trinajstić information content (AvgIpc) is 2.45. The zero-order chi connectivity index (χ0) is 12.8. The Kier molecular flexibility index (Phi) is 5.41. The smallest absolute Gasteiger partial charge is 0.323 e. The fourth-order valence-electron chi connectivity index (χ4n) is 2.76. The molecule has 0 N–H and O–H groups in total. The van der Waals surface area contributed by atoms with Crippen molar-refractivity contribution in [2.75, 3.05) is 53.0 Å². The molecule has 0 aliphatic carbocycles. The highest BCUT2D eigenvalue weighted by Gasteiger charge is 2.29. The van der Waals surface area contributed by atoms with Crippen LogP contribution in [0.5, 0.6) is 0 Å². The molecular weight excluding hydrogens is 232 g/mol. The summed E-state index contributed by atoms with van der Waals surface area (Å²) in [7, 11) is 1.48. The van der Waals surface area contributed by atoms with Gasteiger partial charge in [0.2, 0.25) is 0 Å². The normalized spacial score (nSPS) is 27.1. The summed E-state index contributed by atoms with van der Waals surface area (Å²) in [6, 6.07) is -0.0233. The van der Waals surface area contributed by atoms with E-state index in [0.29, 0.717) is 0 Å². The van der Waals surface area contributed by atoms with Gasteiger partial charge < -0.3 is 9.47 Å². The summed E-state index contributed by atoms with van der Waals surface area (Å²) in [5.41, 5.74) is 0. The van der Waals surface area contributed by atoms with Gasteiger partial charge in [-0.25, -0.2) is 0 Å². The standard InChI is InChI=1S/C13H24N2O3/c1-17-13(16)12-4-2-3-5-15(12)7-6-14-8-10-18-11-9-14/h12H,2-11H2,1H3/t12-/m1/s1. The maximum Gasteiger partial charge on any atom is 0.323 e. The Morgan fingerprint density at radius 2 is 2.00 bits per heavy atom. The quantitative estimate of drug-likeness (QED) is 0.679. The van der Waals surface area contributed by atoms with E-state index in [4.69, 9.17) is 9.47 Å². The van der Waals surface area contributed by atoms with E-state index >= 15 is 0 Å². The molecule has 0 radical (unpaired) electrons. The third-order valence-electron chi connectivity index (χ3n) is 3.89. The van der Waals surface area contributed by atoms with Crippen molar-refractivity contribution in [1.82, 2.24) is 9.80 Å². The van der Waals surface area contributed by atoms with Crippen molar-refractivity contribution < 1.29 is 14.3 Å². The molecule has 1 atom stereocenters. The number of ether oxygens (including phenoxy) is 2. The number of morpholine rings is 1. The summed E-state index contributed by atoms with van der Waals surface area (Å²) in [6.45, 7) is 6.69. The van der Waals surface area contributed by atoms with Gasteiger partial charge in [-0.15, -0.1) is 0 Å². The zero-order valence-corrected chi connectivity index (χ0v) is 11.3. The summed E-state index contributed by atoms with van der Waals surface area (Å²) in [6.07, 6.45) is 3.26. The lowest BCUT2D eigenvalue weighted by atomic mass is 10.0. The molecule has 2 aliphatic rings. The molecule has 2 rings (SSSR count). The third kappa shape index (κ3) is 3.67. The molecule has 2 saturated heterocycles. The van der Waals surface area contributed by atoms with Crippen molar-refractivity contribution in [3.05, 3.63) is 0 Å². The van der Waals surface area contributed by atoms with Crippen LogP contribution in [0, 0.1) is 0 Å². The molecule has 2 aliphatic heterocycles. The summed E-state index contributed by atoms with van der Waals surface area (Å²) in [4.78, 5) is 16.4. The van der Waals surface area contributed by atoms with Crippen LogP contribution < -0.4 is 0 Å². The van der Waals surface area contributed by atoms with Gasteiger partial charge in [0.25, 0.3) is 0 Å². The Balaban J connectivity index is 1.79. The van der Waals surface area contributed by atoms with E-state index in [0.717, 1.165) is 58.8 Å². The van der Waals surface area contributed by atoms with E-state index < -0.39 is 0 Å². The number of nitrogens with zero attached hydrogens (tertiary/aromatic N) is 2. The maximum absolute atomic E-state index is 11.7. The molecule has 5 nitrogen and oxygen atoms in total. The molecule has 18 heavy (non-hydrogen) atoms. The van der Waals surface area contributed by atoms with Gasteiger partial charge in [0.15, 0.2) is 0 Å². The second kappa shape index (κ2) is 7.07. The van der Waals surface area contributed by atoms with Gasteiger partial charge in [0.1, 0.15) is 6.04 Å². The average molecular weight is 256 g/mol. The van der Waals surface area contributed by atoms with Crippen molar-refractivity contribution >= 4 is 5.97 Å². The molecule has 0 spiro atoms. The lowest BCUT2D eigenvalue weighted by molar-refractivity contribution is -0.148. The first-order chi connectivity index (χ1) is 8.81. The number of hydrogen-bond donors (Lipinski definition) is 0. The Labute approximate surface area is 109 Å². The largest absolute Gasteiger partial charge is 0.468 e. The molecule has 0 aromatic carbocycles. The first kappa shape index (κ1) is 13.8. The number of esters is 1. The van der Waals surface area contributed by atoms with Gasteiger partial charge in [-0.1, -0.05) is 6.42 Å². The number of rotatable bonds is 4. The van der Waals surface area contributed by atoms with E-state index in [-0.39, 0.29) is 12.0 Å². The van der Waals surface area contributed by atoms with Gasteiger partial charge in [0.05, 0.1) is 20.3 Å². The van der Waals surface area contributed by atoms with Crippen LogP contribution in [0.3, 0.4) is 0 Å². The van der Waals surface area contributed by atoms with Gasteiger partial charge in [-0.3, -0.25) is 14.6 Å². The summed E-state index contributed by atoms with van der Waals surface area (Å²) in [5, 5.41) is 0. The molecule has 5 heteroatoms. The monoisotopic (exact) mass is 256 g/mol. The Morgan fingerprint density at radius 3 is 2.72 bits per heavy atom. The summed E-state index contributed by atoms with van der Waals surface area (Å²) in [5.74, 6) is -0.0725. The first-order valence-electron chi connectivity index (χ1n) is 6.93. The molecule has 2 fully saturated rings. The molecule has 0 aromatic rings. The van der Waals surface area contributed by atoms with Crippen molar-refractivity contribution in [3.8, 4) is 0 Å². The molecule has 0 bridgehead atoms. The minimum Gasteiger partial charge on any atom is -0.468 e. The highest BCUT2D eigenvalue weighted by Crippen LogP contribution is 2.17. The van der Waals surface area contributed by atoms with E-state index in [1.54, 1.807) is 0 Å². The first-order valence-corrected chi connectivity index (χ1v) is 6.93. The van der Waals surface area contributed by atoms with Crippen LogP contribution in [-0.2, 0) is 14.3 Å². The van der Waals surface area contributed by atoms with Crippen molar-refractivity contribution in [2.45, 2.75) is 25.3 Å². The molecule has 0 amide bonds. The van der Waals surface area contributed by atoms with Crippen LogP contribution in [0.25, 0.3) is 0 Å². The van der Waals surface area contributed by atoms with E-state index in [1.165, 1.54) is 13.5 Å². The fraction of sp³-hybridized carbons (Fsp3) is 0.923. The minimum absolute atomic E-state index is 0.0233. The van der Waals surface area contributed by atoms with E-state index in [1.807, 2.05) is 0 Å². The molecule has 104 valence electrons. The van der Waals surface area contributed by atoms with Gasteiger partial charge in [-0.2, -0.15) is 0 Å². The van der Waals surface area contributed by atoms with Crippen molar-refractivity contribution in [3.63, 3.8) is 0 Å². The Morgan fingerprint density at radius 1 is 1.22 bits per heavy atom. The number of carbonyl (C=O) groups is 1.